The van der Waals surface area contributed by atoms with Crippen molar-refractivity contribution in [1.29, 1.82) is 0 Å². The number of aryl methyl sites for hydroxylation is 1. The van der Waals surface area contributed by atoms with Gasteiger partial charge >= 0.3 is 7.12 Å². The molecule has 0 saturated heterocycles. The third-order valence-corrected chi connectivity index (χ3v) is 2.30. The van der Waals surface area contributed by atoms with Crippen LogP contribution in [0.4, 0.5) is 0 Å². The summed E-state index contributed by atoms with van der Waals surface area (Å²) in [6.07, 6.45) is 1.67. The number of nitrogens with zero attached hydrogens (tertiary/aromatic N) is 1. The molecular formula is C10H10BNO2. The number of para-hydroxylation sites is 1. The molecule has 0 aliphatic carbocycles. The van der Waals surface area contributed by atoms with E-state index in [4.69, 9.17) is 10.0 Å². The van der Waals surface area contributed by atoms with Gasteiger partial charge in [0, 0.05) is 17.0 Å². The second kappa shape index (κ2) is 3.40. The summed E-state index contributed by atoms with van der Waals surface area (Å²) in [4.78, 5) is 4.14. The fraction of sp³-hybridized carbons (Fsp3) is 0.100. The van der Waals surface area contributed by atoms with Crippen molar-refractivity contribution >= 4 is 23.5 Å². The largest absolute Gasteiger partial charge is 0.490 e. The van der Waals surface area contributed by atoms with Gasteiger partial charge in [0.15, 0.2) is 0 Å². The first kappa shape index (κ1) is 9.18. The van der Waals surface area contributed by atoms with Crippen LogP contribution in [0.15, 0.2) is 30.5 Å². The highest BCUT2D eigenvalue weighted by molar-refractivity contribution is 6.61. The molecule has 70 valence electrons. The van der Waals surface area contributed by atoms with Gasteiger partial charge < -0.3 is 10.0 Å². The smallest absolute Gasteiger partial charge is 0.423 e. The van der Waals surface area contributed by atoms with Crippen LogP contribution in [-0.2, 0) is 0 Å². The number of benzene rings is 1. The molecule has 14 heavy (non-hydrogen) atoms. The number of pyridine rings is 1. The summed E-state index contributed by atoms with van der Waals surface area (Å²) in [6.45, 7) is 1.97. The lowest BCUT2D eigenvalue weighted by molar-refractivity contribution is 0.426. The van der Waals surface area contributed by atoms with Crippen LogP contribution < -0.4 is 5.46 Å². The van der Waals surface area contributed by atoms with Crippen LogP contribution in [0.5, 0.6) is 0 Å². The Hall–Kier alpha value is -1.39. The SMILES string of the molecule is Cc1ccnc2c(B(O)O)cccc12. The van der Waals surface area contributed by atoms with Crippen LogP contribution >= 0.6 is 0 Å². The van der Waals surface area contributed by atoms with Gasteiger partial charge in [-0.1, -0.05) is 18.2 Å². The number of hydrogen-bond donors (Lipinski definition) is 2. The second-order valence-corrected chi connectivity index (χ2v) is 3.24. The maximum absolute atomic E-state index is 9.13. The van der Waals surface area contributed by atoms with Gasteiger partial charge in [-0.2, -0.15) is 0 Å². The van der Waals surface area contributed by atoms with E-state index in [0.29, 0.717) is 11.0 Å². The zero-order chi connectivity index (χ0) is 10.1. The van der Waals surface area contributed by atoms with E-state index in [1.54, 1.807) is 18.3 Å². The molecule has 2 aromatic rings. The number of fused-ring (bicyclic) bond motifs is 1. The monoisotopic (exact) mass is 187 g/mol. The van der Waals surface area contributed by atoms with E-state index in [-0.39, 0.29) is 0 Å². The Morgan fingerprint density at radius 1 is 1.21 bits per heavy atom. The van der Waals surface area contributed by atoms with E-state index in [9.17, 15) is 0 Å². The molecule has 0 aliphatic rings. The average molecular weight is 187 g/mol. The number of hydrogen-bond acceptors (Lipinski definition) is 3. The van der Waals surface area contributed by atoms with Gasteiger partial charge in [-0.25, -0.2) is 0 Å². The minimum Gasteiger partial charge on any atom is -0.423 e. The van der Waals surface area contributed by atoms with Crippen molar-refractivity contribution in [2.75, 3.05) is 0 Å². The summed E-state index contributed by atoms with van der Waals surface area (Å²) in [5.74, 6) is 0. The molecule has 0 amide bonds. The van der Waals surface area contributed by atoms with Crippen molar-refractivity contribution in [2.24, 2.45) is 0 Å². The highest BCUT2D eigenvalue weighted by atomic mass is 16.4. The molecule has 2 rings (SSSR count). The predicted octanol–water partition coefficient (Wildman–Crippen LogP) is 0.223. The van der Waals surface area contributed by atoms with Crippen LogP contribution in [0.3, 0.4) is 0 Å². The normalized spacial score (nSPS) is 10.5. The maximum atomic E-state index is 9.13. The quantitative estimate of drug-likeness (QED) is 0.628. The Kier molecular flexibility index (Phi) is 2.23. The minimum atomic E-state index is -1.46. The van der Waals surface area contributed by atoms with Crippen molar-refractivity contribution in [3.05, 3.63) is 36.0 Å². The van der Waals surface area contributed by atoms with Crippen LogP contribution in [0.25, 0.3) is 10.9 Å². The average Bonchev–Trinajstić information content (AvgIpc) is 2.17. The van der Waals surface area contributed by atoms with Gasteiger partial charge in [-0.3, -0.25) is 4.98 Å². The predicted molar refractivity (Wildman–Crippen MR) is 56.3 cm³/mol. The van der Waals surface area contributed by atoms with Crippen LogP contribution in [-0.4, -0.2) is 22.2 Å². The summed E-state index contributed by atoms with van der Waals surface area (Å²) in [5.41, 5.74) is 2.19. The number of aromatic nitrogens is 1. The van der Waals surface area contributed by atoms with E-state index in [2.05, 4.69) is 4.98 Å². The third kappa shape index (κ3) is 1.39. The molecule has 3 nitrogen and oxygen atoms in total. The molecule has 1 aromatic heterocycles. The van der Waals surface area contributed by atoms with Gasteiger partial charge in [-0.15, -0.1) is 0 Å². The molecule has 2 N–H and O–H groups in total. The van der Waals surface area contributed by atoms with Crippen molar-refractivity contribution < 1.29 is 10.0 Å². The van der Waals surface area contributed by atoms with Crippen molar-refractivity contribution in [2.45, 2.75) is 6.92 Å². The molecule has 0 fully saturated rings. The summed E-state index contributed by atoms with van der Waals surface area (Å²) >= 11 is 0. The lowest BCUT2D eigenvalue weighted by atomic mass is 9.78. The van der Waals surface area contributed by atoms with Gasteiger partial charge in [0.2, 0.25) is 0 Å². The van der Waals surface area contributed by atoms with Gasteiger partial charge in [0.1, 0.15) is 0 Å². The molecule has 1 aromatic carbocycles. The Morgan fingerprint density at radius 2 is 2.00 bits per heavy atom. The topological polar surface area (TPSA) is 53.4 Å². The Bertz CT molecular complexity index is 471. The minimum absolute atomic E-state index is 0.450. The van der Waals surface area contributed by atoms with Crippen LogP contribution in [0.1, 0.15) is 5.56 Å². The zero-order valence-electron chi connectivity index (χ0n) is 7.81. The molecular weight excluding hydrogens is 177 g/mol. The summed E-state index contributed by atoms with van der Waals surface area (Å²) < 4.78 is 0. The van der Waals surface area contributed by atoms with E-state index >= 15 is 0 Å². The first-order valence-corrected chi connectivity index (χ1v) is 4.40. The molecule has 0 atom stereocenters. The lowest BCUT2D eigenvalue weighted by Crippen LogP contribution is -2.30. The van der Waals surface area contributed by atoms with E-state index in [0.717, 1.165) is 10.9 Å². The van der Waals surface area contributed by atoms with Crippen LogP contribution in [0.2, 0.25) is 0 Å². The third-order valence-electron chi connectivity index (χ3n) is 2.30. The van der Waals surface area contributed by atoms with Gasteiger partial charge in [0.05, 0.1) is 5.52 Å². The highest BCUT2D eigenvalue weighted by Crippen LogP contribution is 2.13. The molecule has 1 heterocycles. The van der Waals surface area contributed by atoms with Crippen molar-refractivity contribution in [3.8, 4) is 0 Å². The summed E-state index contributed by atoms with van der Waals surface area (Å²) in [6, 6.07) is 7.28. The van der Waals surface area contributed by atoms with E-state index in [1.165, 1.54) is 0 Å². The molecule has 0 saturated carbocycles. The zero-order valence-corrected chi connectivity index (χ0v) is 7.81. The first-order valence-electron chi connectivity index (χ1n) is 4.40. The molecule has 0 spiro atoms. The molecule has 0 bridgehead atoms. The van der Waals surface area contributed by atoms with Crippen molar-refractivity contribution in [3.63, 3.8) is 0 Å². The van der Waals surface area contributed by atoms with Gasteiger partial charge in [0.25, 0.3) is 0 Å². The molecule has 0 radical (unpaired) electrons. The summed E-state index contributed by atoms with van der Waals surface area (Å²) in [7, 11) is -1.46. The molecule has 4 heteroatoms. The maximum Gasteiger partial charge on any atom is 0.490 e. The Labute approximate surface area is 82.2 Å². The fourth-order valence-electron chi connectivity index (χ4n) is 1.55. The van der Waals surface area contributed by atoms with Crippen LogP contribution in [0, 0.1) is 6.92 Å². The lowest BCUT2D eigenvalue weighted by Gasteiger charge is -2.05. The Balaban J connectivity index is 2.81. The highest BCUT2D eigenvalue weighted by Gasteiger charge is 2.15. The van der Waals surface area contributed by atoms with E-state index in [1.807, 2.05) is 19.1 Å². The number of rotatable bonds is 1. The standard InChI is InChI=1S/C10H10BNO2/c1-7-5-6-12-10-8(7)3-2-4-9(10)11(13)14/h2-6,13-14H,1H3. The van der Waals surface area contributed by atoms with Crippen molar-refractivity contribution in [1.82, 2.24) is 4.98 Å². The Morgan fingerprint density at radius 3 is 2.71 bits per heavy atom. The second-order valence-electron chi connectivity index (χ2n) is 3.24. The van der Waals surface area contributed by atoms with Gasteiger partial charge in [-0.05, 0) is 18.6 Å². The first-order chi connectivity index (χ1) is 6.70. The molecule has 0 unspecified atom stereocenters. The molecule has 0 aliphatic heterocycles. The fourth-order valence-corrected chi connectivity index (χ4v) is 1.55. The summed E-state index contributed by atoms with van der Waals surface area (Å²) in [5, 5.41) is 19.2. The van der Waals surface area contributed by atoms with E-state index < -0.39 is 7.12 Å².